The van der Waals surface area contributed by atoms with Gasteiger partial charge in [-0.05, 0) is 30.9 Å². The van der Waals surface area contributed by atoms with Crippen molar-refractivity contribution in [2.75, 3.05) is 24.6 Å². The standard InChI is InChI=1S/C11H21N3OS.HI/c12-10(13-6-9-2-1-3-9)14-7-11(15)4-5-16-8-11;/h9,15H,1-8H2,(H3,12,13,14);1H. The first-order valence-electron chi connectivity index (χ1n) is 6.02. The van der Waals surface area contributed by atoms with Crippen molar-refractivity contribution in [1.82, 2.24) is 5.32 Å². The van der Waals surface area contributed by atoms with Crippen molar-refractivity contribution in [3.05, 3.63) is 0 Å². The Labute approximate surface area is 124 Å². The van der Waals surface area contributed by atoms with Gasteiger partial charge in [-0.2, -0.15) is 11.8 Å². The van der Waals surface area contributed by atoms with Crippen LogP contribution in [0.2, 0.25) is 0 Å². The minimum Gasteiger partial charge on any atom is -0.387 e. The van der Waals surface area contributed by atoms with Crippen LogP contribution in [0, 0.1) is 5.92 Å². The Morgan fingerprint density at radius 2 is 2.29 bits per heavy atom. The Bertz CT molecular complexity index is 265. The number of aliphatic hydroxyl groups is 1. The quantitative estimate of drug-likeness (QED) is 0.394. The van der Waals surface area contributed by atoms with Gasteiger partial charge in [0.2, 0.25) is 0 Å². The minimum absolute atomic E-state index is 0. The molecule has 0 radical (unpaired) electrons. The molecule has 4 N–H and O–H groups in total. The lowest BCUT2D eigenvalue weighted by Crippen LogP contribution is -2.39. The van der Waals surface area contributed by atoms with Gasteiger partial charge < -0.3 is 16.2 Å². The van der Waals surface area contributed by atoms with Gasteiger partial charge in [0.1, 0.15) is 0 Å². The summed E-state index contributed by atoms with van der Waals surface area (Å²) in [6, 6.07) is 0. The largest absolute Gasteiger partial charge is 0.387 e. The number of guanidine groups is 1. The molecule has 1 aliphatic heterocycles. The normalized spacial score (nSPS) is 29.6. The van der Waals surface area contributed by atoms with E-state index in [2.05, 4.69) is 10.3 Å². The van der Waals surface area contributed by atoms with Crippen LogP contribution in [0.5, 0.6) is 0 Å². The number of nitrogens with zero attached hydrogens (tertiary/aromatic N) is 1. The van der Waals surface area contributed by atoms with Crippen LogP contribution >= 0.6 is 35.7 Å². The van der Waals surface area contributed by atoms with Gasteiger partial charge in [-0.15, -0.1) is 24.0 Å². The molecule has 0 amide bonds. The number of nitrogens with two attached hydrogens (primary N) is 1. The molecule has 17 heavy (non-hydrogen) atoms. The predicted molar refractivity (Wildman–Crippen MR) is 84.1 cm³/mol. The Kier molecular flexibility index (Phi) is 6.36. The second-order valence-corrected chi connectivity index (χ2v) is 6.01. The van der Waals surface area contributed by atoms with Crippen molar-refractivity contribution < 1.29 is 5.11 Å². The highest BCUT2D eigenvalue weighted by molar-refractivity contribution is 14.0. The number of hydrogen-bond acceptors (Lipinski definition) is 3. The van der Waals surface area contributed by atoms with Crippen molar-refractivity contribution in [1.29, 1.82) is 0 Å². The fourth-order valence-electron chi connectivity index (χ4n) is 1.96. The third-order valence-electron chi connectivity index (χ3n) is 3.42. The molecule has 0 aromatic heterocycles. The van der Waals surface area contributed by atoms with Gasteiger partial charge in [0.25, 0.3) is 0 Å². The Hall–Kier alpha value is 0.310. The van der Waals surface area contributed by atoms with Crippen LogP contribution in [0.1, 0.15) is 25.7 Å². The van der Waals surface area contributed by atoms with Gasteiger partial charge >= 0.3 is 0 Å². The van der Waals surface area contributed by atoms with Gasteiger partial charge in [0.15, 0.2) is 5.96 Å². The van der Waals surface area contributed by atoms with E-state index >= 15 is 0 Å². The minimum atomic E-state index is -0.618. The van der Waals surface area contributed by atoms with Crippen LogP contribution in [-0.2, 0) is 0 Å². The van der Waals surface area contributed by atoms with Crippen molar-refractivity contribution >= 4 is 41.7 Å². The average Bonchev–Trinajstić information content (AvgIpc) is 2.61. The van der Waals surface area contributed by atoms with E-state index in [9.17, 15) is 5.11 Å². The zero-order chi connectivity index (χ0) is 11.4. The number of rotatable bonds is 4. The van der Waals surface area contributed by atoms with Gasteiger partial charge in [-0.3, -0.25) is 4.99 Å². The first kappa shape index (κ1) is 15.4. The lowest BCUT2D eigenvalue weighted by Gasteiger charge is -2.25. The van der Waals surface area contributed by atoms with Crippen LogP contribution in [0.4, 0.5) is 0 Å². The summed E-state index contributed by atoms with van der Waals surface area (Å²) < 4.78 is 0. The molecular weight excluding hydrogens is 349 g/mol. The van der Waals surface area contributed by atoms with E-state index in [1.165, 1.54) is 19.3 Å². The van der Waals surface area contributed by atoms with Gasteiger partial charge in [-0.1, -0.05) is 6.42 Å². The number of aliphatic imine (C=N–C) groups is 1. The highest BCUT2D eigenvalue weighted by Gasteiger charge is 2.31. The summed E-state index contributed by atoms with van der Waals surface area (Å²) in [5.41, 5.74) is 5.14. The molecular formula is C11H22IN3OS. The Morgan fingerprint density at radius 3 is 2.82 bits per heavy atom. The monoisotopic (exact) mass is 371 g/mol. The van der Waals surface area contributed by atoms with Crippen molar-refractivity contribution in [2.45, 2.75) is 31.3 Å². The summed E-state index contributed by atoms with van der Waals surface area (Å²) in [5, 5.41) is 13.2. The van der Waals surface area contributed by atoms with Gasteiger partial charge in [0.05, 0.1) is 12.1 Å². The summed E-state index contributed by atoms with van der Waals surface area (Å²) in [5.74, 6) is 3.07. The van der Waals surface area contributed by atoms with E-state index in [4.69, 9.17) is 5.73 Å². The molecule has 4 nitrogen and oxygen atoms in total. The lowest BCUT2D eigenvalue weighted by atomic mass is 9.85. The van der Waals surface area contributed by atoms with E-state index in [0.29, 0.717) is 12.5 Å². The van der Waals surface area contributed by atoms with Crippen LogP contribution in [-0.4, -0.2) is 41.3 Å². The molecule has 100 valence electrons. The molecule has 0 aromatic rings. The van der Waals surface area contributed by atoms with E-state index in [1.54, 1.807) is 11.8 Å². The summed E-state index contributed by atoms with van der Waals surface area (Å²) in [6.07, 6.45) is 4.79. The summed E-state index contributed by atoms with van der Waals surface area (Å²) in [7, 11) is 0. The van der Waals surface area contributed by atoms with E-state index in [1.807, 2.05) is 0 Å². The SMILES string of the molecule is I.NC(=NCC1(O)CCSC1)NCC1CCC1. The molecule has 0 spiro atoms. The maximum Gasteiger partial charge on any atom is 0.188 e. The molecule has 0 bridgehead atoms. The summed E-state index contributed by atoms with van der Waals surface area (Å²) in [6.45, 7) is 1.37. The molecule has 1 atom stereocenters. The number of halogens is 1. The Morgan fingerprint density at radius 1 is 1.53 bits per heavy atom. The second-order valence-electron chi connectivity index (χ2n) is 4.91. The Balaban J connectivity index is 0.00000144. The molecule has 2 aliphatic rings. The third-order valence-corrected chi connectivity index (χ3v) is 4.66. The fourth-order valence-corrected chi connectivity index (χ4v) is 3.24. The maximum atomic E-state index is 10.1. The molecule has 6 heteroatoms. The molecule has 2 rings (SSSR count). The van der Waals surface area contributed by atoms with Gasteiger partial charge in [-0.25, -0.2) is 0 Å². The number of thioether (sulfide) groups is 1. The maximum absolute atomic E-state index is 10.1. The molecule has 0 aromatic carbocycles. The third kappa shape index (κ3) is 4.82. The first-order chi connectivity index (χ1) is 7.68. The summed E-state index contributed by atoms with van der Waals surface area (Å²) >= 11 is 1.78. The van der Waals surface area contributed by atoms with E-state index < -0.39 is 5.60 Å². The predicted octanol–water partition coefficient (Wildman–Crippen LogP) is 1.18. The highest BCUT2D eigenvalue weighted by Crippen LogP contribution is 2.28. The fraction of sp³-hybridized carbons (Fsp3) is 0.909. The van der Waals surface area contributed by atoms with Crippen LogP contribution in [0.15, 0.2) is 4.99 Å². The van der Waals surface area contributed by atoms with Crippen LogP contribution in [0.25, 0.3) is 0 Å². The molecule has 1 aliphatic carbocycles. The van der Waals surface area contributed by atoms with Crippen LogP contribution < -0.4 is 11.1 Å². The second kappa shape index (κ2) is 7.04. The van der Waals surface area contributed by atoms with Gasteiger partial charge in [0, 0.05) is 12.3 Å². The first-order valence-corrected chi connectivity index (χ1v) is 7.17. The average molecular weight is 371 g/mol. The van der Waals surface area contributed by atoms with Crippen molar-refractivity contribution in [3.63, 3.8) is 0 Å². The molecule has 1 unspecified atom stereocenters. The zero-order valence-electron chi connectivity index (χ0n) is 10.0. The zero-order valence-corrected chi connectivity index (χ0v) is 13.2. The molecule has 1 heterocycles. The highest BCUT2D eigenvalue weighted by atomic mass is 127. The lowest BCUT2D eigenvalue weighted by molar-refractivity contribution is 0.0779. The molecule has 1 saturated heterocycles. The smallest absolute Gasteiger partial charge is 0.188 e. The van der Waals surface area contributed by atoms with Crippen molar-refractivity contribution in [2.24, 2.45) is 16.6 Å². The van der Waals surface area contributed by atoms with E-state index in [0.717, 1.165) is 30.4 Å². The molecule has 2 fully saturated rings. The number of hydrogen-bond donors (Lipinski definition) is 3. The van der Waals surface area contributed by atoms with E-state index in [-0.39, 0.29) is 24.0 Å². The van der Waals surface area contributed by atoms with Crippen LogP contribution in [0.3, 0.4) is 0 Å². The molecule has 1 saturated carbocycles. The topological polar surface area (TPSA) is 70.6 Å². The number of nitrogens with one attached hydrogen (secondary N) is 1. The summed E-state index contributed by atoms with van der Waals surface area (Å²) in [4.78, 5) is 4.23. The van der Waals surface area contributed by atoms with Crippen molar-refractivity contribution in [3.8, 4) is 0 Å².